The average molecular weight is 465 g/mol. The largest absolute Gasteiger partial charge is 0.0801 e. The molecule has 5 rings (SSSR count). The summed E-state index contributed by atoms with van der Waals surface area (Å²) in [6.45, 7) is 19.0. The van der Waals surface area contributed by atoms with Crippen LogP contribution < -0.4 is 10.4 Å². The van der Waals surface area contributed by atoms with Gasteiger partial charge in [0.05, 0.1) is 0 Å². The second-order valence-electron chi connectivity index (χ2n) is 13.4. The summed E-state index contributed by atoms with van der Waals surface area (Å²) >= 11 is 0. The van der Waals surface area contributed by atoms with Gasteiger partial charge in [-0.25, -0.2) is 0 Å². The lowest BCUT2D eigenvalue weighted by Gasteiger charge is -2.34. The standard InChI is InChI=1S/C35H44/c1-22(2)29-31(24-14-10-9-11-15-24)33(35(6,7)8)30(23-16-12-13-17-23)28-21-25-20-26(34(3,4)5)18-19-27(25)32(28)29/h12-13,16,18-21,24H,9-11,14-15,17H2,1-8H3. The Morgan fingerprint density at radius 3 is 2.17 bits per heavy atom. The van der Waals surface area contributed by atoms with E-state index in [4.69, 9.17) is 0 Å². The molecular formula is C35H44. The lowest BCUT2D eigenvalue weighted by atomic mass is 9.70. The second-order valence-corrected chi connectivity index (χ2v) is 13.4. The summed E-state index contributed by atoms with van der Waals surface area (Å²) in [7, 11) is 0. The van der Waals surface area contributed by atoms with Crippen molar-refractivity contribution >= 4 is 17.2 Å². The van der Waals surface area contributed by atoms with Crippen molar-refractivity contribution in [1.82, 2.24) is 0 Å². The molecule has 0 nitrogen and oxygen atoms in total. The predicted molar refractivity (Wildman–Crippen MR) is 153 cm³/mol. The van der Waals surface area contributed by atoms with Crippen LogP contribution in [-0.2, 0) is 10.8 Å². The zero-order valence-electron chi connectivity index (χ0n) is 23.4. The van der Waals surface area contributed by atoms with Gasteiger partial charge in [-0.15, -0.1) is 0 Å². The lowest BCUT2D eigenvalue weighted by Crippen LogP contribution is -2.29. The molecule has 0 radical (unpaired) electrons. The number of rotatable bonds is 2. The van der Waals surface area contributed by atoms with E-state index >= 15 is 0 Å². The van der Waals surface area contributed by atoms with E-state index in [1.807, 2.05) is 0 Å². The SMILES string of the molecule is CC(C)=c1c(C2CCCCC2)c(C(C)(C)C)c(C2=CC=CC2)c2c1=c1ccc(C(C)(C)C)cc1=C2. The second kappa shape index (κ2) is 8.65. The van der Waals surface area contributed by atoms with Gasteiger partial charge in [0.1, 0.15) is 0 Å². The Morgan fingerprint density at radius 2 is 1.60 bits per heavy atom. The van der Waals surface area contributed by atoms with Crippen LogP contribution in [0.25, 0.3) is 17.2 Å². The summed E-state index contributed by atoms with van der Waals surface area (Å²) < 4.78 is 0. The van der Waals surface area contributed by atoms with E-state index in [0.717, 1.165) is 6.42 Å². The molecular weight excluding hydrogens is 420 g/mol. The van der Waals surface area contributed by atoms with Crippen LogP contribution in [0.1, 0.15) is 128 Å². The first-order valence-electron chi connectivity index (χ1n) is 13.9. The summed E-state index contributed by atoms with van der Waals surface area (Å²) in [5.74, 6) is 0.666. The van der Waals surface area contributed by atoms with Crippen molar-refractivity contribution in [2.45, 2.75) is 111 Å². The summed E-state index contributed by atoms with van der Waals surface area (Å²) in [5.41, 5.74) is 10.9. The molecule has 0 aromatic heterocycles. The first-order chi connectivity index (χ1) is 16.5. The zero-order valence-corrected chi connectivity index (χ0v) is 23.4. The molecule has 35 heavy (non-hydrogen) atoms. The molecule has 0 saturated heterocycles. The minimum Gasteiger partial charge on any atom is -0.0801 e. The molecule has 1 fully saturated rings. The van der Waals surface area contributed by atoms with Crippen molar-refractivity contribution in [2.24, 2.45) is 0 Å². The van der Waals surface area contributed by atoms with Gasteiger partial charge in [0.25, 0.3) is 0 Å². The molecule has 184 valence electrons. The highest BCUT2D eigenvalue weighted by Gasteiger charge is 2.32. The Hall–Kier alpha value is -2.34. The highest BCUT2D eigenvalue weighted by molar-refractivity contribution is 5.83. The third-order valence-electron chi connectivity index (χ3n) is 8.42. The molecule has 0 heterocycles. The Balaban J connectivity index is 2.03. The normalized spacial score (nSPS) is 17.8. The van der Waals surface area contributed by atoms with Crippen molar-refractivity contribution in [3.05, 3.63) is 85.1 Å². The minimum absolute atomic E-state index is 0.0873. The molecule has 0 bridgehead atoms. The fourth-order valence-corrected chi connectivity index (χ4v) is 6.81. The van der Waals surface area contributed by atoms with E-state index in [9.17, 15) is 0 Å². The fourth-order valence-electron chi connectivity index (χ4n) is 6.81. The van der Waals surface area contributed by atoms with Gasteiger partial charge in [0, 0.05) is 0 Å². The van der Waals surface area contributed by atoms with Crippen molar-refractivity contribution in [3.63, 3.8) is 0 Å². The summed E-state index contributed by atoms with van der Waals surface area (Å²) in [5, 5.41) is 5.92. The van der Waals surface area contributed by atoms with E-state index in [-0.39, 0.29) is 10.8 Å². The van der Waals surface area contributed by atoms with Crippen molar-refractivity contribution in [3.8, 4) is 0 Å². The van der Waals surface area contributed by atoms with Gasteiger partial charge in [-0.2, -0.15) is 0 Å². The number of allylic oxidation sites excluding steroid dienone is 4. The van der Waals surface area contributed by atoms with Crippen LogP contribution in [0.15, 0.2) is 36.4 Å². The van der Waals surface area contributed by atoms with Gasteiger partial charge in [-0.1, -0.05) is 103 Å². The van der Waals surface area contributed by atoms with Gasteiger partial charge in [-0.05, 0) is 110 Å². The molecule has 2 aromatic carbocycles. The molecule has 0 atom stereocenters. The first-order valence-corrected chi connectivity index (χ1v) is 13.9. The van der Waals surface area contributed by atoms with Crippen LogP contribution in [-0.4, -0.2) is 0 Å². The summed E-state index contributed by atoms with van der Waals surface area (Å²) in [6.07, 6.45) is 17.3. The van der Waals surface area contributed by atoms with Gasteiger partial charge in [-0.3, -0.25) is 0 Å². The third kappa shape index (κ3) is 4.18. The Bertz CT molecular complexity index is 1450. The molecule has 2 aromatic rings. The van der Waals surface area contributed by atoms with E-state index in [1.165, 1.54) is 75.6 Å². The smallest absolute Gasteiger partial charge is 0.00241 e. The van der Waals surface area contributed by atoms with Crippen LogP contribution in [0.2, 0.25) is 0 Å². The molecule has 0 N–H and O–H groups in total. The van der Waals surface area contributed by atoms with Crippen LogP contribution in [0.5, 0.6) is 0 Å². The number of hydrogen-bond donors (Lipinski definition) is 0. The van der Waals surface area contributed by atoms with Crippen LogP contribution >= 0.6 is 0 Å². The monoisotopic (exact) mass is 464 g/mol. The zero-order chi connectivity index (χ0) is 25.1. The highest BCUT2D eigenvalue weighted by atomic mass is 14.4. The fraction of sp³-hybridized carbons (Fsp3) is 0.486. The molecule has 0 aliphatic heterocycles. The van der Waals surface area contributed by atoms with Crippen LogP contribution in [0.3, 0.4) is 0 Å². The maximum atomic E-state index is 2.53. The molecule has 0 heteroatoms. The minimum atomic E-state index is 0.0873. The molecule has 1 saturated carbocycles. The Morgan fingerprint density at radius 1 is 0.886 bits per heavy atom. The molecule has 3 aliphatic carbocycles. The summed E-state index contributed by atoms with van der Waals surface area (Å²) in [4.78, 5) is 0. The maximum Gasteiger partial charge on any atom is -0.00241 e. The van der Waals surface area contributed by atoms with E-state index < -0.39 is 0 Å². The number of hydrogen-bond acceptors (Lipinski definition) is 0. The molecule has 0 amide bonds. The van der Waals surface area contributed by atoms with Crippen LogP contribution in [0, 0.1) is 10.4 Å². The van der Waals surface area contributed by atoms with Gasteiger partial charge in [0.15, 0.2) is 0 Å². The molecule has 0 spiro atoms. The van der Waals surface area contributed by atoms with E-state index in [2.05, 4.69) is 97.9 Å². The molecule has 3 aliphatic rings. The quantitative estimate of drug-likeness (QED) is 0.358. The van der Waals surface area contributed by atoms with Crippen LogP contribution in [0.4, 0.5) is 0 Å². The molecule has 0 unspecified atom stereocenters. The predicted octanol–water partition coefficient (Wildman–Crippen LogP) is 8.29. The summed E-state index contributed by atoms with van der Waals surface area (Å²) in [6, 6.07) is 7.27. The average Bonchev–Trinajstić information content (AvgIpc) is 3.44. The number of benzene rings is 2. The van der Waals surface area contributed by atoms with Crippen molar-refractivity contribution in [1.29, 1.82) is 0 Å². The van der Waals surface area contributed by atoms with Gasteiger partial charge < -0.3 is 0 Å². The highest BCUT2D eigenvalue weighted by Crippen LogP contribution is 2.43. The topological polar surface area (TPSA) is 0 Å². The lowest BCUT2D eigenvalue weighted by molar-refractivity contribution is 0.433. The Kier molecular flexibility index (Phi) is 6.02. The van der Waals surface area contributed by atoms with Gasteiger partial charge in [0.2, 0.25) is 0 Å². The first kappa shape index (κ1) is 24.4. The van der Waals surface area contributed by atoms with Gasteiger partial charge >= 0.3 is 0 Å². The Labute approximate surface area is 212 Å². The van der Waals surface area contributed by atoms with E-state index in [1.54, 1.807) is 16.3 Å². The van der Waals surface area contributed by atoms with E-state index in [0.29, 0.717) is 5.92 Å². The third-order valence-corrected chi connectivity index (χ3v) is 8.42. The van der Waals surface area contributed by atoms with Crippen molar-refractivity contribution < 1.29 is 0 Å². The van der Waals surface area contributed by atoms with Crippen molar-refractivity contribution in [2.75, 3.05) is 0 Å². The number of fused-ring (bicyclic) bond motifs is 2. The maximum absolute atomic E-state index is 2.53.